The van der Waals surface area contributed by atoms with Crippen LogP contribution in [0.5, 0.6) is 0 Å². The van der Waals surface area contributed by atoms with Crippen LogP contribution in [0.1, 0.15) is 44.3 Å². The number of aromatic nitrogens is 6. The molecule has 0 N–H and O–H groups in total. The maximum absolute atomic E-state index is 5.57. The predicted molar refractivity (Wildman–Crippen MR) is 274 cm³/mol. The molecule has 4 aliphatic carbocycles. The summed E-state index contributed by atoms with van der Waals surface area (Å²) in [6, 6.07) is 68.3. The van der Waals surface area contributed by atoms with Crippen molar-refractivity contribution >= 4 is 65.4 Å². The van der Waals surface area contributed by atoms with E-state index in [0.717, 1.165) is 68.9 Å². The van der Waals surface area contributed by atoms with Gasteiger partial charge in [-0.25, -0.2) is 15.0 Å². The molecule has 320 valence electrons. The van der Waals surface area contributed by atoms with Crippen LogP contribution in [0.15, 0.2) is 188 Å². The molecule has 4 heterocycles. The molecule has 0 aliphatic heterocycles. The second-order valence-electron chi connectivity index (χ2n) is 19.8. The summed E-state index contributed by atoms with van der Waals surface area (Å²) in [6.45, 7) is 0. The van der Waals surface area contributed by atoms with Gasteiger partial charge in [-0.3, -0.25) is 0 Å². The van der Waals surface area contributed by atoms with E-state index in [-0.39, 0.29) is 5.41 Å². The maximum Gasteiger partial charge on any atom is 0.163 e. The first-order valence-corrected chi connectivity index (χ1v) is 24.1. The monoisotopic (exact) mass is 862 g/mol. The Morgan fingerprint density at radius 2 is 0.731 bits per heavy atom. The molecular formula is C61H46N6. The van der Waals surface area contributed by atoms with Gasteiger partial charge >= 0.3 is 0 Å². The molecule has 0 saturated heterocycles. The molecule has 0 radical (unpaired) electrons. The van der Waals surface area contributed by atoms with Gasteiger partial charge in [0, 0.05) is 65.9 Å². The van der Waals surface area contributed by atoms with Crippen molar-refractivity contribution in [3.63, 3.8) is 0 Å². The highest BCUT2D eigenvalue weighted by molar-refractivity contribution is 6.40. The zero-order chi connectivity index (χ0) is 43.8. The lowest BCUT2D eigenvalue weighted by Gasteiger charge is -2.56. The molecule has 6 nitrogen and oxygen atoms in total. The predicted octanol–water partition coefficient (Wildman–Crippen LogP) is 15.0. The molecule has 16 rings (SSSR count). The van der Waals surface area contributed by atoms with Crippen molar-refractivity contribution in [2.45, 2.75) is 43.9 Å². The van der Waals surface area contributed by atoms with Crippen LogP contribution in [-0.2, 0) is 5.41 Å². The average molecular weight is 863 g/mol. The summed E-state index contributed by atoms with van der Waals surface area (Å²) in [5.74, 6) is 4.86. The Morgan fingerprint density at radius 1 is 0.358 bits per heavy atom. The number of benzene rings is 8. The Bertz CT molecular complexity index is 3850. The van der Waals surface area contributed by atoms with Gasteiger partial charge in [0.2, 0.25) is 0 Å². The van der Waals surface area contributed by atoms with Gasteiger partial charge in [0.25, 0.3) is 0 Å². The first kappa shape index (κ1) is 37.4. The summed E-state index contributed by atoms with van der Waals surface area (Å²) < 4.78 is 7.55. The number of hydrogen-bond acceptors (Lipinski definition) is 3. The molecule has 0 atom stereocenters. The molecule has 8 aromatic carbocycles. The Morgan fingerprint density at radius 3 is 1.21 bits per heavy atom. The van der Waals surface area contributed by atoms with Crippen LogP contribution in [0.25, 0.3) is 105 Å². The molecular weight excluding hydrogens is 817 g/mol. The van der Waals surface area contributed by atoms with Crippen LogP contribution in [0, 0.1) is 17.8 Å². The molecule has 4 aliphatic rings. The van der Waals surface area contributed by atoms with Crippen LogP contribution in [0.3, 0.4) is 0 Å². The van der Waals surface area contributed by atoms with Crippen molar-refractivity contribution in [1.82, 2.24) is 28.7 Å². The van der Waals surface area contributed by atoms with Crippen LogP contribution in [-0.4, -0.2) is 28.7 Å². The Balaban J connectivity index is 1.07. The van der Waals surface area contributed by atoms with Crippen LogP contribution < -0.4 is 0 Å². The topological polar surface area (TPSA) is 53.5 Å². The summed E-state index contributed by atoms with van der Waals surface area (Å²) in [4.78, 5) is 16.3. The lowest BCUT2D eigenvalue weighted by atomic mass is 9.49. The molecule has 0 spiro atoms. The fourth-order valence-corrected chi connectivity index (χ4v) is 13.7. The minimum absolute atomic E-state index is 0.0154. The molecule has 0 unspecified atom stereocenters. The zero-order valence-electron chi connectivity index (χ0n) is 37.1. The van der Waals surface area contributed by atoms with E-state index in [1.54, 1.807) is 0 Å². The van der Waals surface area contributed by atoms with Gasteiger partial charge in [0.05, 0.1) is 33.1 Å². The van der Waals surface area contributed by atoms with E-state index in [0.29, 0.717) is 0 Å². The summed E-state index contributed by atoms with van der Waals surface area (Å²) in [5.41, 5.74) is 12.5. The van der Waals surface area contributed by atoms with Crippen molar-refractivity contribution < 1.29 is 0 Å². The van der Waals surface area contributed by atoms with E-state index < -0.39 is 0 Å². The molecule has 4 fully saturated rings. The van der Waals surface area contributed by atoms with Crippen molar-refractivity contribution in [2.75, 3.05) is 0 Å². The lowest BCUT2D eigenvalue weighted by molar-refractivity contribution is -0.00938. The minimum Gasteiger partial charge on any atom is -0.308 e. The highest BCUT2D eigenvalue weighted by Crippen LogP contribution is 2.60. The van der Waals surface area contributed by atoms with E-state index >= 15 is 0 Å². The van der Waals surface area contributed by atoms with Crippen LogP contribution in [0.4, 0.5) is 0 Å². The number of fused-ring (bicyclic) bond motifs is 12. The summed E-state index contributed by atoms with van der Waals surface area (Å²) in [5, 5.41) is 7.36. The van der Waals surface area contributed by atoms with Gasteiger partial charge in [-0.05, 0) is 111 Å². The van der Waals surface area contributed by atoms with Gasteiger partial charge < -0.3 is 13.7 Å². The second-order valence-corrected chi connectivity index (χ2v) is 19.8. The molecule has 4 saturated carbocycles. The van der Waals surface area contributed by atoms with Gasteiger partial charge in [-0.1, -0.05) is 133 Å². The van der Waals surface area contributed by atoms with E-state index in [4.69, 9.17) is 15.0 Å². The number of nitrogens with zero attached hydrogens (tertiary/aromatic N) is 6. The first-order valence-electron chi connectivity index (χ1n) is 24.1. The molecule has 0 amide bonds. The molecule has 12 aromatic rings. The summed E-state index contributed by atoms with van der Waals surface area (Å²) >= 11 is 0. The molecule has 67 heavy (non-hydrogen) atoms. The third-order valence-corrected chi connectivity index (χ3v) is 15.9. The summed E-state index contributed by atoms with van der Waals surface area (Å²) in [6.07, 6.45) is 7.70. The smallest absolute Gasteiger partial charge is 0.163 e. The van der Waals surface area contributed by atoms with Gasteiger partial charge in [-0.15, -0.1) is 0 Å². The standard InChI is InChI=1S/C61H46N6/c1-4-17-41(18-5-1)58-62-59(64-60(63-58)61-35-38-31-39(36-61)33-40(32-38)37-61)42-19-16-24-45(34-42)67-51-30-15-12-27-48(51)54-56-52(46-25-10-13-28-49(46)65(56)43-20-6-2-7-21-43)55-53(57(54)67)47-26-11-14-29-50(47)66(55)44-22-8-3-9-23-44/h1-30,34,38-40H,31-33,35-37H2. The second kappa shape index (κ2) is 14.1. The van der Waals surface area contributed by atoms with Crippen molar-refractivity contribution in [3.8, 4) is 39.8 Å². The van der Waals surface area contributed by atoms with Crippen molar-refractivity contribution in [2.24, 2.45) is 17.8 Å². The van der Waals surface area contributed by atoms with Gasteiger partial charge in [0.1, 0.15) is 5.82 Å². The van der Waals surface area contributed by atoms with Crippen molar-refractivity contribution in [3.05, 3.63) is 194 Å². The van der Waals surface area contributed by atoms with E-state index in [2.05, 4.69) is 202 Å². The van der Waals surface area contributed by atoms with Crippen molar-refractivity contribution in [1.29, 1.82) is 0 Å². The normalized spacial score (nSPS) is 20.1. The third kappa shape index (κ3) is 5.41. The van der Waals surface area contributed by atoms with Crippen LogP contribution >= 0.6 is 0 Å². The van der Waals surface area contributed by atoms with E-state index in [1.807, 2.05) is 0 Å². The summed E-state index contributed by atoms with van der Waals surface area (Å²) in [7, 11) is 0. The van der Waals surface area contributed by atoms with E-state index in [9.17, 15) is 0 Å². The Kier molecular flexibility index (Phi) is 7.86. The molecule has 4 aromatic heterocycles. The first-order chi connectivity index (χ1) is 33.2. The minimum atomic E-state index is 0.0154. The van der Waals surface area contributed by atoms with Gasteiger partial charge in [0.15, 0.2) is 11.6 Å². The third-order valence-electron chi connectivity index (χ3n) is 15.9. The SMILES string of the molecule is c1ccc(-c2nc(-c3cccc(-n4c5ccccc5c5c6c(c7ccccc7n6-c6ccccc6)c6c(c7ccccc7n6-c6ccccc6)c54)c3)nc(C34CC5CC(CC(C5)C3)C4)n2)cc1. The fraction of sp³-hybridized carbons (Fsp3) is 0.164. The average Bonchev–Trinajstić information content (AvgIpc) is 4.03. The number of para-hydroxylation sites is 5. The van der Waals surface area contributed by atoms with Crippen LogP contribution in [0.2, 0.25) is 0 Å². The Labute approximate surface area is 387 Å². The number of rotatable bonds is 6. The number of hydrogen-bond donors (Lipinski definition) is 0. The quantitative estimate of drug-likeness (QED) is 0.167. The highest BCUT2D eigenvalue weighted by atomic mass is 15.1. The highest BCUT2D eigenvalue weighted by Gasteiger charge is 2.53. The molecule has 6 heteroatoms. The molecule has 4 bridgehead atoms. The fourth-order valence-electron chi connectivity index (χ4n) is 13.7. The Hall–Kier alpha value is -7.83. The van der Waals surface area contributed by atoms with E-state index in [1.165, 1.54) is 98.4 Å². The zero-order valence-corrected chi connectivity index (χ0v) is 37.1. The van der Waals surface area contributed by atoms with Gasteiger partial charge in [-0.2, -0.15) is 0 Å². The maximum atomic E-state index is 5.57. The largest absolute Gasteiger partial charge is 0.308 e. The lowest BCUT2D eigenvalue weighted by Crippen LogP contribution is -2.49.